The number of aliphatic hydroxyl groups excluding tert-OH is 1. The maximum Gasteiger partial charge on any atom is 0.129 e. The first-order valence-electron chi connectivity index (χ1n) is 4.56. The summed E-state index contributed by atoms with van der Waals surface area (Å²) >= 11 is 3.25. The van der Waals surface area contributed by atoms with E-state index in [0.29, 0.717) is 5.56 Å². The van der Waals surface area contributed by atoms with Gasteiger partial charge in [-0.15, -0.1) is 0 Å². The van der Waals surface area contributed by atoms with Crippen molar-refractivity contribution >= 4 is 15.9 Å². The fraction of sp³-hybridized carbons (Fsp3) is 0.400. The van der Waals surface area contributed by atoms with E-state index in [4.69, 9.17) is 15.6 Å². The summed E-state index contributed by atoms with van der Waals surface area (Å²) in [5.41, 5.74) is 5.88. The Kier molecular flexibility index (Phi) is 5.17. The quantitative estimate of drug-likeness (QED) is 0.860. The third-order valence-corrected chi connectivity index (χ3v) is 2.42. The minimum atomic E-state index is -0.519. The molecule has 15 heavy (non-hydrogen) atoms. The van der Waals surface area contributed by atoms with Gasteiger partial charge >= 0.3 is 0 Å². The molecule has 0 fully saturated rings. The lowest BCUT2D eigenvalue weighted by Gasteiger charge is -2.16. The zero-order chi connectivity index (χ0) is 11.3. The molecule has 0 aliphatic heterocycles. The van der Waals surface area contributed by atoms with Gasteiger partial charge in [-0.05, 0) is 18.2 Å². The summed E-state index contributed by atoms with van der Waals surface area (Å²) in [6.07, 6.45) is -0.519. The molecular formula is C10H13BrFNO2. The monoisotopic (exact) mass is 277 g/mol. The molecule has 0 aromatic heterocycles. The summed E-state index contributed by atoms with van der Waals surface area (Å²) in [6.45, 7) is 0.216. The number of aliphatic hydroxyl groups is 1. The first-order valence-corrected chi connectivity index (χ1v) is 5.35. The molecule has 1 rings (SSSR count). The van der Waals surface area contributed by atoms with E-state index in [1.165, 1.54) is 6.07 Å². The van der Waals surface area contributed by atoms with Gasteiger partial charge in [0.15, 0.2) is 0 Å². The summed E-state index contributed by atoms with van der Waals surface area (Å²) in [4.78, 5) is 0. The van der Waals surface area contributed by atoms with Crippen LogP contribution in [0.15, 0.2) is 22.7 Å². The number of hydrogen-bond acceptors (Lipinski definition) is 3. The van der Waals surface area contributed by atoms with Crippen LogP contribution in [0.1, 0.15) is 11.7 Å². The van der Waals surface area contributed by atoms with Gasteiger partial charge in [-0.25, -0.2) is 4.39 Å². The summed E-state index contributed by atoms with van der Waals surface area (Å²) in [5.74, 6) is -0.355. The summed E-state index contributed by atoms with van der Waals surface area (Å²) < 4.78 is 19.4. The molecule has 1 unspecified atom stereocenters. The average molecular weight is 278 g/mol. The molecule has 0 saturated carbocycles. The third kappa shape index (κ3) is 3.53. The number of ether oxygens (including phenoxy) is 1. The Bertz CT molecular complexity index is 322. The highest BCUT2D eigenvalue weighted by Gasteiger charge is 2.14. The molecule has 0 aliphatic carbocycles. The van der Waals surface area contributed by atoms with Crippen LogP contribution >= 0.6 is 15.9 Å². The minimum Gasteiger partial charge on any atom is -0.394 e. The van der Waals surface area contributed by atoms with Gasteiger partial charge in [0.05, 0.1) is 19.3 Å². The lowest BCUT2D eigenvalue weighted by Crippen LogP contribution is -2.18. The first kappa shape index (κ1) is 12.6. The minimum absolute atomic E-state index is 0.105. The second-order valence-electron chi connectivity index (χ2n) is 2.98. The van der Waals surface area contributed by atoms with Crippen LogP contribution in [0, 0.1) is 5.82 Å². The van der Waals surface area contributed by atoms with Crippen molar-refractivity contribution in [3.8, 4) is 0 Å². The van der Waals surface area contributed by atoms with Crippen LogP contribution < -0.4 is 5.73 Å². The Balaban J connectivity index is 2.85. The zero-order valence-electron chi connectivity index (χ0n) is 8.12. The Morgan fingerprint density at radius 1 is 1.53 bits per heavy atom. The van der Waals surface area contributed by atoms with Gasteiger partial charge in [0.25, 0.3) is 0 Å². The van der Waals surface area contributed by atoms with Crippen LogP contribution in [0.25, 0.3) is 0 Å². The van der Waals surface area contributed by atoms with Crippen LogP contribution in [-0.4, -0.2) is 24.9 Å². The van der Waals surface area contributed by atoms with Crippen molar-refractivity contribution in [1.29, 1.82) is 0 Å². The maximum absolute atomic E-state index is 13.4. The van der Waals surface area contributed by atoms with Crippen molar-refractivity contribution < 1.29 is 14.2 Å². The first-order chi connectivity index (χ1) is 7.19. The van der Waals surface area contributed by atoms with Gasteiger partial charge < -0.3 is 15.6 Å². The highest BCUT2D eigenvalue weighted by Crippen LogP contribution is 2.23. The molecule has 1 atom stereocenters. The molecular weight excluding hydrogens is 265 g/mol. The molecule has 3 nitrogen and oxygen atoms in total. The van der Waals surface area contributed by atoms with Crippen molar-refractivity contribution in [2.75, 3.05) is 19.8 Å². The van der Waals surface area contributed by atoms with Crippen molar-refractivity contribution in [2.24, 2.45) is 5.73 Å². The van der Waals surface area contributed by atoms with E-state index in [9.17, 15) is 4.39 Å². The topological polar surface area (TPSA) is 55.5 Å². The largest absolute Gasteiger partial charge is 0.394 e. The molecule has 3 N–H and O–H groups in total. The van der Waals surface area contributed by atoms with Crippen LogP contribution in [0.5, 0.6) is 0 Å². The van der Waals surface area contributed by atoms with Crippen molar-refractivity contribution in [2.45, 2.75) is 6.10 Å². The van der Waals surface area contributed by atoms with Gasteiger partial charge in [0, 0.05) is 16.6 Å². The lowest BCUT2D eigenvalue weighted by atomic mass is 10.1. The highest BCUT2D eigenvalue weighted by molar-refractivity contribution is 9.10. The predicted molar refractivity (Wildman–Crippen MR) is 58.9 cm³/mol. The molecule has 1 aromatic carbocycles. The van der Waals surface area contributed by atoms with E-state index >= 15 is 0 Å². The molecule has 0 spiro atoms. The Morgan fingerprint density at radius 2 is 2.27 bits per heavy atom. The molecule has 84 valence electrons. The van der Waals surface area contributed by atoms with Crippen LogP contribution in [0.4, 0.5) is 4.39 Å². The normalized spacial score (nSPS) is 12.8. The van der Waals surface area contributed by atoms with Gasteiger partial charge in [-0.1, -0.05) is 15.9 Å². The number of hydrogen-bond donors (Lipinski definition) is 2. The molecule has 0 heterocycles. The molecule has 0 amide bonds. The van der Waals surface area contributed by atoms with Crippen molar-refractivity contribution in [3.05, 3.63) is 34.1 Å². The van der Waals surface area contributed by atoms with E-state index in [2.05, 4.69) is 15.9 Å². The summed E-state index contributed by atoms with van der Waals surface area (Å²) in [7, 11) is 0. The van der Waals surface area contributed by atoms with Gasteiger partial charge in [-0.2, -0.15) is 0 Å². The molecule has 5 heteroatoms. The Labute approximate surface area is 96.2 Å². The van der Waals surface area contributed by atoms with E-state index in [0.717, 1.165) is 4.47 Å². The molecule has 0 bridgehead atoms. The zero-order valence-corrected chi connectivity index (χ0v) is 9.71. The van der Waals surface area contributed by atoms with Crippen LogP contribution in [-0.2, 0) is 4.74 Å². The van der Waals surface area contributed by atoms with Gasteiger partial charge in [0.1, 0.15) is 5.82 Å². The van der Waals surface area contributed by atoms with E-state index in [-0.39, 0.29) is 25.6 Å². The van der Waals surface area contributed by atoms with E-state index in [1.54, 1.807) is 12.1 Å². The molecule has 0 aliphatic rings. The second-order valence-corrected chi connectivity index (χ2v) is 3.90. The predicted octanol–water partition coefficient (Wildman–Crippen LogP) is 1.60. The highest BCUT2D eigenvalue weighted by atomic mass is 79.9. The molecule has 1 aromatic rings. The van der Waals surface area contributed by atoms with Crippen molar-refractivity contribution in [1.82, 2.24) is 0 Å². The van der Waals surface area contributed by atoms with Crippen molar-refractivity contribution in [3.63, 3.8) is 0 Å². The smallest absolute Gasteiger partial charge is 0.129 e. The number of rotatable bonds is 5. The third-order valence-electron chi connectivity index (χ3n) is 1.93. The lowest BCUT2D eigenvalue weighted by molar-refractivity contribution is 0.0309. The fourth-order valence-electron chi connectivity index (χ4n) is 1.24. The summed E-state index contributed by atoms with van der Waals surface area (Å²) in [5, 5.41) is 8.61. The average Bonchev–Trinajstić information content (AvgIpc) is 2.24. The molecule has 0 radical (unpaired) electrons. The molecule has 0 saturated heterocycles. The maximum atomic E-state index is 13.4. The number of nitrogens with two attached hydrogens (primary N) is 1. The van der Waals surface area contributed by atoms with Gasteiger partial charge in [0.2, 0.25) is 0 Å². The SMILES string of the molecule is NCC(OCCO)c1cc(Br)ccc1F. The van der Waals surface area contributed by atoms with Crippen LogP contribution in [0.3, 0.4) is 0 Å². The van der Waals surface area contributed by atoms with Crippen LogP contribution in [0.2, 0.25) is 0 Å². The summed E-state index contributed by atoms with van der Waals surface area (Å²) in [6, 6.07) is 4.59. The second kappa shape index (κ2) is 6.17. The Hall–Kier alpha value is -0.490. The van der Waals surface area contributed by atoms with Gasteiger partial charge in [-0.3, -0.25) is 0 Å². The fourth-order valence-corrected chi connectivity index (χ4v) is 1.62. The standard InChI is InChI=1S/C10H13BrFNO2/c11-7-1-2-9(12)8(5-7)10(6-13)15-4-3-14/h1-2,5,10,14H,3-4,6,13H2. The number of halogens is 2. The Morgan fingerprint density at radius 3 is 2.87 bits per heavy atom. The number of benzene rings is 1. The van der Waals surface area contributed by atoms with E-state index < -0.39 is 6.10 Å². The van der Waals surface area contributed by atoms with E-state index in [1.807, 2.05) is 0 Å².